The Morgan fingerprint density at radius 3 is 2.76 bits per heavy atom. The van der Waals surface area contributed by atoms with Gasteiger partial charge in [-0.25, -0.2) is 4.68 Å². The molecule has 0 saturated heterocycles. The van der Waals surface area contributed by atoms with Crippen LogP contribution in [-0.4, -0.2) is 29.8 Å². The van der Waals surface area contributed by atoms with Gasteiger partial charge >= 0.3 is 0 Å². The summed E-state index contributed by atoms with van der Waals surface area (Å²) in [6, 6.07) is 10.4. The topological polar surface area (TPSA) is 117 Å². The maximum atomic E-state index is 12.8. The number of anilines is 2. The third-order valence-corrected chi connectivity index (χ3v) is 6.62. The molecule has 0 spiro atoms. The van der Waals surface area contributed by atoms with Gasteiger partial charge in [0, 0.05) is 18.1 Å². The number of H-pyrrole nitrogens is 1. The zero-order chi connectivity index (χ0) is 23.8. The zero-order valence-corrected chi connectivity index (χ0v) is 19.6. The first-order valence-electron chi connectivity index (χ1n) is 11.7. The van der Waals surface area contributed by atoms with Crippen LogP contribution < -0.4 is 10.9 Å². The summed E-state index contributed by atoms with van der Waals surface area (Å²) >= 11 is 0. The molecule has 1 saturated carbocycles. The number of rotatable bonds is 8. The van der Waals surface area contributed by atoms with Crippen LogP contribution in [0.2, 0.25) is 0 Å². The number of hydrogen-bond donors (Lipinski definition) is 2. The fourth-order valence-electron chi connectivity index (χ4n) is 4.86. The Kier molecular flexibility index (Phi) is 5.65. The van der Waals surface area contributed by atoms with Gasteiger partial charge in [-0.2, -0.15) is 10.4 Å². The molecule has 3 heterocycles. The Bertz CT molecular complexity index is 1410. The normalized spacial score (nSPS) is 15.4. The van der Waals surface area contributed by atoms with E-state index in [1.54, 1.807) is 12.4 Å². The Balaban J connectivity index is 1.52. The summed E-state index contributed by atoms with van der Waals surface area (Å²) in [5.41, 5.74) is 3.68. The second-order valence-corrected chi connectivity index (χ2v) is 9.40. The van der Waals surface area contributed by atoms with E-state index in [0.29, 0.717) is 29.5 Å². The zero-order valence-electron chi connectivity index (χ0n) is 19.6. The maximum Gasteiger partial charge on any atom is 0.261 e. The van der Waals surface area contributed by atoms with Gasteiger partial charge < -0.3 is 10.3 Å². The van der Waals surface area contributed by atoms with Crippen molar-refractivity contribution in [1.82, 2.24) is 29.8 Å². The van der Waals surface area contributed by atoms with Gasteiger partial charge in [0.1, 0.15) is 5.39 Å². The number of aromatic amines is 1. The van der Waals surface area contributed by atoms with Crippen molar-refractivity contribution in [1.29, 1.82) is 5.26 Å². The van der Waals surface area contributed by atoms with E-state index in [-0.39, 0.29) is 17.6 Å². The highest BCUT2D eigenvalue weighted by atomic mass is 16.1. The summed E-state index contributed by atoms with van der Waals surface area (Å²) in [6.07, 6.45) is 7.77. The summed E-state index contributed by atoms with van der Waals surface area (Å²) in [5.74, 6) is 1.27. The minimum atomic E-state index is -0.197. The first kappa shape index (κ1) is 21.9. The second kappa shape index (κ2) is 8.78. The molecule has 1 aliphatic rings. The lowest BCUT2D eigenvalue weighted by atomic mass is 9.92. The molecular formula is C25H28N8O. The molecule has 1 fully saturated rings. The largest absolute Gasteiger partial charge is 0.338 e. The summed E-state index contributed by atoms with van der Waals surface area (Å²) in [7, 11) is 0. The van der Waals surface area contributed by atoms with Crippen LogP contribution in [0.25, 0.3) is 10.9 Å². The molecule has 2 atom stereocenters. The molecular weight excluding hydrogens is 428 g/mol. The van der Waals surface area contributed by atoms with Gasteiger partial charge in [0.05, 0.1) is 36.3 Å². The first-order valence-corrected chi connectivity index (χ1v) is 11.7. The Morgan fingerprint density at radius 1 is 1.29 bits per heavy atom. The molecule has 1 aromatic carbocycles. The molecule has 2 unspecified atom stereocenters. The molecule has 0 bridgehead atoms. The number of nitrogens with zero attached hydrogens (tertiary/aromatic N) is 6. The van der Waals surface area contributed by atoms with Crippen LogP contribution in [0.1, 0.15) is 56.3 Å². The molecule has 3 aromatic heterocycles. The minimum absolute atomic E-state index is 0.0246. The van der Waals surface area contributed by atoms with Crippen LogP contribution >= 0.6 is 0 Å². The van der Waals surface area contributed by atoms with E-state index >= 15 is 0 Å². The van der Waals surface area contributed by atoms with Crippen molar-refractivity contribution in [3.63, 3.8) is 0 Å². The number of pyridine rings is 1. The van der Waals surface area contributed by atoms with Gasteiger partial charge in [-0.15, -0.1) is 5.10 Å². The van der Waals surface area contributed by atoms with Crippen molar-refractivity contribution in [2.24, 2.45) is 11.8 Å². The van der Waals surface area contributed by atoms with Crippen LogP contribution in [-0.2, 0) is 0 Å². The van der Waals surface area contributed by atoms with Gasteiger partial charge in [0.25, 0.3) is 5.56 Å². The first-order chi connectivity index (χ1) is 16.5. The molecule has 1 aliphatic carbocycles. The highest BCUT2D eigenvalue weighted by Crippen LogP contribution is 2.43. The predicted molar refractivity (Wildman–Crippen MR) is 130 cm³/mol. The van der Waals surface area contributed by atoms with Crippen LogP contribution in [0.4, 0.5) is 11.5 Å². The number of nitriles is 1. The van der Waals surface area contributed by atoms with Crippen molar-refractivity contribution in [3.8, 4) is 6.07 Å². The number of nitrogens with one attached hydrogen (secondary N) is 2. The SMILES string of the molecule is Cc1cc(Nc2nn(C(CC#N)C3CC3)c3cc[nH]c(=O)c23)ccc1C(C(C)C)n1ccnn1. The fraction of sp³-hybridized carbons (Fsp3) is 0.400. The minimum Gasteiger partial charge on any atom is -0.338 e. The van der Waals surface area contributed by atoms with Crippen LogP contribution in [0.15, 0.2) is 47.7 Å². The summed E-state index contributed by atoms with van der Waals surface area (Å²) in [4.78, 5) is 15.5. The molecule has 0 radical (unpaired) electrons. The molecule has 9 nitrogen and oxygen atoms in total. The lowest BCUT2D eigenvalue weighted by Crippen LogP contribution is -2.18. The van der Waals surface area contributed by atoms with E-state index in [1.165, 1.54) is 5.56 Å². The van der Waals surface area contributed by atoms with E-state index in [0.717, 1.165) is 29.6 Å². The maximum absolute atomic E-state index is 12.8. The highest BCUT2D eigenvalue weighted by molar-refractivity contribution is 5.91. The van der Waals surface area contributed by atoms with Gasteiger partial charge in [0.15, 0.2) is 5.82 Å². The van der Waals surface area contributed by atoms with Gasteiger partial charge in [-0.3, -0.25) is 9.48 Å². The van der Waals surface area contributed by atoms with Crippen molar-refractivity contribution in [2.45, 2.75) is 52.1 Å². The molecule has 2 N–H and O–H groups in total. The Hall–Kier alpha value is -3.93. The lowest BCUT2D eigenvalue weighted by Gasteiger charge is -2.23. The summed E-state index contributed by atoms with van der Waals surface area (Å²) < 4.78 is 3.76. The third kappa shape index (κ3) is 3.96. The van der Waals surface area contributed by atoms with Crippen molar-refractivity contribution >= 4 is 22.4 Å². The van der Waals surface area contributed by atoms with E-state index in [1.807, 2.05) is 27.7 Å². The Morgan fingerprint density at radius 2 is 2.12 bits per heavy atom. The summed E-state index contributed by atoms with van der Waals surface area (Å²) in [6.45, 7) is 6.41. The smallest absolute Gasteiger partial charge is 0.261 e. The third-order valence-electron chi connectivity index (χ3n) is 6.62. The van der Waals surface area contributed by atoms with Crippen LogP contribution in [0.5, 0.6) is 0 Å². The molecule has 34 heavy (non-hydrogen) atoms. The van der Waals surface area contributed by atoms with E-state index < -0.39 is 0 Å². The van der Waals surface area contributed by atoms with Gasteiger partial charge in [-0.05, 0) is 60.9 Å². The van der Waals surface area contributed by atoms with Crippen LogP contribution in [0, 0.1) is 30.1 Å². The second-order valence-electron chi connectivity index (χ2n) is 9.40. The fourth-order valence-corrected chi connectivity index (χ4v) is 4.86. The summed E-state index contributed by atoms with van der Waals surface area (Å²) in [5, 5.41) is 26.2. The van der Waals surface area contributed by atoms with Crippen LogP contribution in [0.3, 0.4) is 0 Å². The average molecular weight is 457 g/mol. The van der Waals surface area contributed by atoms with Crippen molar-refractivity contribution in [3.05, 3.63) is 64.3 Å². The average Bonchev–Trinajstić information content (AvgIpc) is 3.38. The monoisotopic (exact) mass is 456 g/mol. The lowest BCUT2D eigenvalue weighted by molar-refractivity contribution is 0.393. The Labute approximate surface area is 197 Å². The van der Waals surface area contributed by atoms with E-state index in [4.69, 9.17) is 5.10 Å². The molecule has 0 aliphatic heterocycles. The molecule has 9 heteroatoms. The molecule has 174 valence electrons. The quantitative estimate of drug-likeness (QED) is 0.404. The number of hydrogen-bond acceptors (Lipinski definition) is 6. The van der Waals surface area contributed by atoms with Crippen molar-refractivity contribution in [2.75, 3.05) is 5.32 Å². The molecule has 4 aromatic rings. The molecule has 5 rings (SSSR count). The number of fused-ring (bicyclic) bond motifs is 1. The number of aryl methyl sites for hydroxylation is 1. The van der Waals surface area contributed by atoms with E-state index in [9.17, 15) is 10.1 Å². The van der Waals surface area contributed by atoms with Crippen molar-refractivity contribution < 1.29 is 0 Å². The number of aromatic nitrogens is 6. The molecule has 0 amide bonds. The highest BCUT2D eigenvalue weighted by Gasteiger charge is 2.34. The van der Waals surface area contributed by atoms with Gasteiger partial charge in [0.2, 0.25) is 0 Å². The van der Waals surface area contributed by atoms with Gasteiger partial charge in [-0.1, -0.05) is 25.1 Å². The predicted octanol–water partition coefficient (Wildman–Crippen LogP) is 4.48. The standard InChI is InChI=1S/C25H28N8O/c1-15(2)23(32-13-12-28-31-32)19-7-6-18(14-16(19)3)29-24-22-21(9-11-27-25(22)34)33(30-24)20(8-10-26)17-4-5-17/h6-7,9,11-15,17,20,23H,4-5,8H2,1-3H3,(H,27,34)(H,29,30). The number of benzene rings is 1. The van der Waals surface area contributed by atoms with E-state index in [2.05, 4.69) is 59.6 Å².